The Balaban J connectivity index is 2.72. The Kier molecular flexibility index (Phi) is 3.87. The fourth-order valence-corrected chi connectivity index (χ4v) is 2.82. The van der Waals surface area contributed by atoms with Crippen LogP contribution < -0.4 is 0 Å². The summed E-state index contributed by atoms with van der Waals surface area (Å²) in [6, 6.07) is 0. The van der Waals surface area contributed by atoms with Crippen LogP contribution in [0.1, 0.15) is 47.0 Å². The average molecular weight is 257 g/mol. The van der Waals surface area contributed by atoms with Crippen molar-refractivity contribution in [1.82, 2.24) is 5.06 Å². The van der Waals surface area contributed by atoms with Gasteiger partial charge in [-0.15, -0.1) is 0 Å². The van der Waals surface area contributed by atoms with E-state index in [0.29, 0.717) is 0 Å². The second-order valence-corrected chi connectivity index (χ2v) is 6.16. The lowest BCUT2D eigenvalue weighted by Crippen LogP contribution is -2.57. The monoisotopic (exact) mass is 257 g/mol. The zero-order chi connectivity index (χ0) is 12.6. The molecule has 6 heteroatoms. The predicted octanol–water partition coefficient (Wildman–Crippen LogP) is 4.13. The highest BCUT2D eigenvalue weighted by atomic mass is 32.2. The second kappa shape index (κ2) is 4.38. The number of nitrogens with zero attached hydrogens (tertiary/aromatic N) is 1. The zero-order valence-electron chi connectivity index (χ0n) is 10.0. The van der Waals surface area contributed by atoms with Crippen LogP contribution in [0.3, 0.4) is 0 Å². The van der Waals surface area contributed by atoms with E-state index in [1.807, 2.05) is 27.7 Å². The molecule has 0 spiro atoms. The molecule has 0 unspecified atom stereocenters. The molecule has 0 N–H and O–H groups in total. The highest BCUT2D eigenvalue weighted by Gasteiger charge is 2.45. The van der Waals surface area contributed by atoms with Crippen LogP contribution in [0.2, 0.25) is 0 Å². The summed E-state index contributed by atoms with van der Waals surface area (Å²) < 4.78 is 41.3. The van der Waals surface area contributed by atoms with E-state index < -0.39 is 17.6 Å². The summed E-state index contributed by atoms with van der Waals surface area (Å²) in [5.41, 5.74) is -5.08. The molecule has 0 aromatic carbocycles. The highest BCUT2D eigenvalue weighted by Crippen LogP contribution is 2.42. The van der Waals surface area contributed by atoms with Gasteiger partial charge in [-0.3, -0.25) is 0 Å². The van der Waals surface area contributed by atoms with E-state index in [0.717, 1.165) is 19.3 Å². The van der Waals surface area contributed by atoms with Gasteiger partial charge in [0.2, 0.25) is 0 Å². The fourth-order valence-electron chi connectivity index (χ4n) is 2.26. The van der Waals surface area contributed by atoms with Crippen molar-refractivity contribution in [2.45, 2.75) is 63.5 Å². The van der Waals surface area contributed by atoms with Gasteiger partial charge in [-0.2, -0.15) is 18.2 Å². The summed E-state index contributed by atoms with van der Waals surface area (Å²) in [5.74, 6) is 0. The Morgan fingerprint density at radius 1 is 1.06 bits per heavy atom. The lowest BCUT2D eigenvalue weighted by Gasteiger charge is -2.50. The molecule has 0 radical (unpaired) electrons. The van der Waals surface area contributed by atoms with Crippen molar-refractivity contribution in [3.63, 3.8) is 0 Å². The summed E-state index contributed by atoms with van der Waals surface area (Å²) in [5, 5.41) is 1.49. The van der Waals surface area contributed by atoms with Gasteiger partial charge < -0.3 is 0 Å². The molecular formula is C10H18F3NOS. The number of piperidine rings is 1. The third-order valence-electron chi connectivity index (χ3n) is 2.88. The van der Waals surface area contributed by atoms with E-state index in [1.54, 1.807) is 0 Å². The Hall–Kier alpha value is 0.0600. The summed E-state index contributed by atoms with van der Waals surface area (Å²) >= 11 is -0.429. The molecule has 96 valence electrons. The minimum absolute atomic E-state index is 0.361. The quantitative estimate of drug-likeness (QED) is 0.690. The van der Waals surface area contributed by atoms with Crippen LogP contribution in [-0.4, -0.2) is 21.6 Å². The van der Waals surface area contributed by atoms with Crippen LogP contribution in [0.15, 0.2) is 0 Å². The van der Waals surface area contributed by atoms with Gasteiger partial charge in [0.05, 0.1) is 0 Å². The summed E-state index contributed by atoms with van der Waals surface area (Å²) in [4.78, 5) is 0. The SMILES string of the molecule is CC1(C)CCCC(C)(C)N1OSC(F)(F)F. The van der Waals surface area contributed by atoms with E-state index in [1.165, 1.54) is 5.06 Å². The van der Waals surface area contributed by atoms with Crippen LogP contribution in [0.4, 0.5) is 13.2 Å². The minimum Gasteiger partial charge on any atom is -0.219 e. The molecule has 1 saturated heterocycles. The maximum absolute atomic E-state index is 12.1. The molecule has 1 fully saturated rings. The van der Waals surface area contributed by atoms with E-state index >= 15 is 0 Å². The number of rotatable bonds is 2. The Bertz CT molecular complexity index is 237. The molecule has 2 nitrogen and oxygen atoms in total. The molecule has 1 heterocycles. The molecule has 0 amide bonds. The zero-order valence-corrected chi connectivity index (χ0v) is 10.8. The van der Waals surface area contributed by atoms with Crippen molar-refractivity contribution in [1.29, 1.82) is 0 Å². The largest absolute Gasteiger partial charge is 0.469 e. The first-order chi connectivity index (χ1) is 7.05. The molecule has 1 aliphatic rings. The Morgan fingerprint density at radius 2 is 1.50 bits per heavy atom. The summed E-state index contributed by atoms with van der Waals surface area (Å²) in [6.45, 7) is 7.63. The van der Waals surface area contributed by atoms with Gasteiger partial charge in [-0.05, 0) is 47.0 Å². The first-order valence-corrected chi connectivity index (χ1v) is 6.02. The molecule has 0 aromatic heterocycles. The normalized spacial score (nSPS) is 25.7. The van der Waals surface area contributed by atoms with Gasteiger partial charge in [0.25, 0.3) is 0 Å². The van der Waals surface area contributed by atoms with Crippen LogP contribution >= 0.6 is 12.0 Å². The number of hydroxylamine groups is 2. The van der Waals surface area contributed by atoms with E-state index in [4.69, 9.17) is 4.28 Å². The molecule has 0 bridgehead atoms. The molecule has 0 aromatic rings. The molecule has 0 aliphatic carbocycles. The summed E-state index contributed by atoms with van der Waals surface area (Å²) in [6.07, 6.45) is 2.69. The van der Waals surface area contributed by atoms with Crippen LogP contribution in [0.25, 0.3) is 0 Å². The standard InChI is InChI=1S/C10H18F3NOS/c1-8(2)6-5-7-9(3,4)14(8)15-16-10(11,12)13/h5-7H2,1-4H3. The van der Waals surface area contributed by atoms with E-state index in [-0.39, 0.29) is 11.1 Å². The Labute approximate surface area is 98.7 Å². The van der Waals surface area contributed by atoms with Crippen molar-refractivity contribution in [3.8, 4) is 0 Å². The lowest BCUT2D eigenvalue weighted by molar-refractivity contribution is -0.212. The van der Waals surface area contributed by atoms with Gasteiger partial charge in [0, 0.05) is 11.1 Å². The fraction of sp³-hybridized carbons (Fsp3) is 1.00. The van der Waals surface area contributed by atoms with Crippen molar-refractivity contribution >= 4 is 12.0 Å². The molecule has 0 atom stereocenters. The second-order valence-electron chi connectivity index (χ2n) is 5.38. The van der Waals surface area contributed by atoms with Crippen LogP contribution in [0.5, 0.6) is 0 Å². The molecule has 0 saturated carbocycles. The third-order valence-corrected chi connectivity index (χ3v) is 3.30. The molecular weight excluding hydrogens is 239 g/mol. The highest BCUT2D eigenvalue weighted by molar-refractivity contribution is 7.95. The number of hydrogen-bond acceptors (Lipinski definition) is 3. The first-order valence-electron chi connectivity index (χ1n) is 5.27. The van der Waals surface area contributed by atoms with Crippen molar-refractivity contribution in [2.24, 2.45) is 0 Å². The average Bonchev–Trinajstić information content (AvgIpc) is 1.97. The predicted molar refractivity (Wildman–Crippen MR) is 58.6 cm³/mol. The number of hydrogen-bond donors (Lipinski definition) is 0. The molecule has 16 heavy (non-hydrogen) atoms. The van der Waals surface area contributed by atoms with E-state index in [9.17, 15) is 13.2 Å². The van der Waals surface area contributed by atoms with Gasteiger partial charge in [0.15, 0.2) is 0 Å². The van der Waals surface area contributed by atoms with Crippen LogP contribution in [-0.2, 0) is 4.28 Å². The van der Waals surface area contributed by atoms with Crippen molar-refractivity contribution in [2.75, 3.05) is 0 Å². The molecule has 1 aliphatic heterocycles. The number of alkyl halides is 3. The smallest absolute Gasteiger partial charge is 0.219 e. The van der Waals surface area contributed by atoms with Gasteiger partial charge >= 0.3 is 5.51 Å². The maximum atomic E-state index is 12.1. The van der Waals surface area contributed by atoms with E-state index in [2.05, 4.69) is 0 Å². The van der Waals surface area contributed by atoms with Gasteiger partial charge in [0.1, 0.15) is 12.0 Å². The van der Waals surface area contributed by atoms with Gasteiger partial charge in [-0.25, -0.2) is 4.28 Å². The topological polar surface area (TPSA) is 12.5 Å². The number of halogens is 3. The summed E-state index contributed by atoms with van der Waals surface area (Å²) in [7, 11) is 0. The van der Waals surface area contributed by atoms with Crippen LogP contribution in [0, 0.1) is 0 Å². The Morgan fingerprint density at radius 3 is 1.88 bits per heavy atom. The maximum Gasteiger partial charge on any atom is 0.469 e. The van der Waals surface area contributed by atoms with Crippen molar-refractivity contribution < 1.29 is 17.5 Å². The van der Waals surface area contributed by atoms with Gasteiger partial charge in [-0.1, -0.05) is 0 Å². The first kappa shape index (κ1) is 14.1. The van der Waals surface area contributed by atoms with Crippen molar-refractivity contribution in [3.05, 3.63) is 0 Å². The lowest BCUT2D eigenvalue weighted by atomic mass is 9.82. The molecule has 1 rings (SSSR count). The minimum atomic E-state index is -4.36. The third kappa shape index (κ3) is 3.53.